The Morgan fingerprint density at radius 1 is 1.24 bits per heavy atom. The number of carbonyl (C=O) groups is 2. The maximum Gasteiger partial charge on any atom is 0.294 e. The van der Waals surface area contributed by atoms with E-state index >= 15 is 0 Å². The molecule has 1 aromatic carbocycles. The van der Waals surface area contributed by atoms with E-state index in [2.05, 4.69) is 10.5 Å². The number of amides is 2. The third kappa shape index (κ3) is 3.23. The van der Waals surface area contributed by atoms with Crippen molar-refractivity contribution in [1.29, 1.82) is 0 Å². The second-order valence-corrected chi connectivity index (χ2v) is 7.04. The first-order valence-corrected chi connectivity index (χ1v) is 8.75. The van der Waals surface area contributed by atoms with Gasteiger partial charge in [-0.25, -0.2) is 0 Å². The predicted octanol–water partition coefficient (Wildman–Crippen LogP) is 4.42. The lowest BCUT2D eigenvalue weighted by Gasteiger charge is -2.09. The van der Waals surface area contributed by atoms with Gasteiger partial charge in [0.25, 0.3) is 11.1 Å². The van der Waals surface area contributed by atoms with Crippen LogP contribution in [0.4, 0.5) is 4.79 Å². The number of nitrogens with zero attached hydrogens (tertiary/aromatic N) is 2. The Morgan fingerprint density at radius 3 is 2.56 bits per heavy atom. The molecule has 0 aliphatic carbocycles. The molecule has 0 N–H and O–H groups in total. The molecular weight excluding hydrogens is 356 g/mol. The maximum absolute atomic E-state index is 12.3. The molecule has 0 radical (unpaired) electrons. The van der Waals surface area contributed by atoms with Gasteiger partial charge in [0.2, 0.25) is 0 Å². The van der Waals surface area contributed by atoms with Gasteiger partial charge in [-0.1, -0.05) is 17.5 Å². The van der Waals surface area contributed by atoms with Crippen molar-refractivity contribution >= 4 is 40.6 Å². The number of halogens is 1. The quantitative estimate of drug-likeness (QED) is 0.593. The van der Waals surface area contributed by atoms with E-state index in [-0.39, 0.29) is 17.7 Å². The monoisotopic (exact) mass is 370 g/mol. The molecule has 2 amide bonds. The maximum atomic E-state index is 12.3. The van der Waals surface area contributed by atoms with E-state index in [1.165, 1.54) is 0 Å². The molecule has 0 spiro atoms. The Labute approximate surface area is 155 Å². The number of rotatable bonds is 3. The number of benzene rings is 1. The van der Waals surface area contributed by atoms with E-state index in [9.17, 15) is 9.59 Å². The van der Waals surface area contributed by atoms with Gasteiger partial charge in [0, 0.05) is 22.1 Å². The van der Waals surface area contributed by atoms with Gasteiger partial charge in [0.15, 0.2) is 0 Å². The highest BCUT2D eigenvalue weighted by Crippen LogP contribution is 2.33. The first kappa shape index (κ1) is 17.4. The van der Waals surface area contributed by atoms with E-state index in [1.807, 2.05) is 44.2 Å². The molecule has 0 atom stereocenters. The fraction of sp³-hybridized carbons (Fsp3) is 0.158. The number of hydrogen-bond acceptors (Lipinski definition) is 3. The number of hydrogen-bond donors (Lipinski definition) is 0. The van der Waals surface area contributed by atoms with E-state index in [0.717, 1.165) is 39.3 Å². The summed E-state index contributed by atoms with van der Waals surface area (Å²) < 4.78 is 2.08. The molecule has 1 saturated heterocycles. The molecule has 1 fully saturated rings. The van der Waals surface area contributed by atoms with Crippen LogP contribution in [-0.4, -0.2) is 27.2 Å². The molecule has 1 aliphatic rings. The van der Waals surface area contributed by atoms with Crippen molar-refractivity contribution in [3.8, 4) is 18.0 Å². The van der Waals surface area contributed by atoms with Crippen LogP contribution in [0.15, 0.2) is 35.2 Å². The van der Waals surface area contributed by atoms with Crippen LogP contribution < -0.4 is 0 Å². The smallest absolute Gasteiger partial charge is 0.294 e. The zero-order valence-electron chi connectivity index (χ0n) is 13.7. The second-order valence-electron chi connectivity index (χ2n) is 5.61. The van der Waals surface area contributed by atoms with Crippen molar-refractivity contribution in [3.63, 3.8) is 0 Å². The van der Waals surface area contributed by atoms with Gasteiger partial charge in [0.1, 0.15) is 0 Å². The Bertz CT molecular complexity index is 936. The molecular formula is C19H15ClN2O2S. The van der Waals surface area contributed by atoms with Crippen LogP contribution in [0.1, 0.15) is 17.0 Å². The van der Waals surface area contributed by atoms with E-state index in [1.54, 1.807) is 6.08 Å². The molecule has 0 unspecified atom stereocenters. The van der Waals surface area contributed by atoms with Crippen LogP contribution in [-0.2, 0) is 4.79 Å². The lowest BCUT2D eigenvalue weighted by atomic mass is 10.2. The Balaban J connectivity index is 1.99. The largest absolute Gasteiger partial charge is 0.318 e. The van der Waals surface area contributed by atoms with Crippen molar-refractivity contribution < 1.29 is 9.59 Å². The van der Waals surface area contributed by atoms with Crippen molar-refractivity contribution in [3.05, 3.63) is 57.2 Å². The standard InChI is InChI=1S/C19H15ClN2O2S/c1-4-9-21-18(23)17(25-19(21)24)11-14-10-12(2)22(13(14)3)16-7-5-15(20)6-8-16/h1,5-8,10-11H,9H2,2-3H3. The fourth-order valence-corrected chi connectivity index (χ4v) is 3.75. The molecule has 2 aromatic rings. The van der Waals surface area contributed by atoms with Crippen LogP contribution in [0.3, 0.4) is 0 Å². The van der Waals surface area contributed by atoms with Crippen molar-refractivity contribution in [2.45, 2.75) is 13.8 Å². The molecule has 126 valence electrons. The normalized spacial score (nSPS) is 15.9. The molecule has 0 saturated carbocycles. The Morgan fingerprint density at radius 2 is 1.92 bits per heavy atom. The lowest BCUT2D eigenvalue weighted by Crippen LogP contribution is -2.28. The van der Waals surface area contributed by atoms with Crippen molar-refractivity contribution in [1.82, 2.24) is 9.47 Å². The summed E-state index contributed by atoms with van der Waals surface area (Å²) in [5.74, 6) is 1.99. The van der Waals surface area contributed by atoms with E-state index < -0.39 is 0 Å². The number of imide groups is 1. The van der Waals surface area contributed by atoms with E-state index in [0.29, 0.717) is 9.93 Å². The summed E-state index contributed by atoms with van der Waals surface area (Å²) in [4.78, 5) is 25.7. The van der Waals surface area contributed by atoms with Gasteiger partial charge < -0.3 is 4.57 Å². The third-order valence-corrected chi connectivity index (χ3v) is 5.12. The zero-order chi connectivity index (χ0) is 18.1. The Kier molecular flexibility index (Phi) is 4.76. The van der Waals surface area contributed by atoms with Crippen LogP contribution in [0.2, 0.25) is 5.02 Å². The number of aromatic nitrogens is 1. The Hall–Kier alpha value is -2.42. The van der Waals surface area contributed by atoms with Crippen LogP contribution >= 0.6 is 23.4 Å². The molecule has 1 aliphatic heterocycles. The van der Waals surface area contributed by atoms with Gasteiger partial charge in [-0.3, -0.25) is 14.5 Å². The highest BCUT2D eigenvalue weighted by atomic mass is 35.5. The molecule has 3 rings (SSSR count). The summed E-state index contributed by atoms with van der Waals surface area (Å²) in [6.07, 6.45) is 6.96. The number of aryl methyl sites for hydroxylation is 1. The first-order valence-electron chi connectivity index (χ1n) is 7.56. The number of terminal acetylenes is 1. The van der Waals surface area contributed by atoms with Gasteiger partial charge >= 0.3 is 0 Å². The summed E-state index contributed by atoms with van der Waals surface area (Å²) in [5, 5.41) is 0.342. The number of thioether (sulfide) groups is 1. The highest BCUT2D eigenvalue weighted by molar-refractivity contribution is 8.18. The molecule has 6 heteroatoms. The molecule has 4 nitrogen and oxygen atoms in total. The zero-order valence-corrected chi connectivity index (χ0v) is 15.3. The van der Waals surface area contributed by atoms with Crippen LogP contribution in [0.5, 0.6) is 0 Å². The number of carbonyl (C=O) groups excluding carboxylic acids is 2. The average Bonchev–Trinajstić information content (AvgIpc) is 3.00. The third-order valence-electron chi connectivity index (χ3n) is 3.96. The molecule has 2 heterocycles. The molecule has 0 bridgehead atoms. The lowest BCUT2D eigenvalue weighted by molar-refractivity contribution is -0.122. The summed E-state index contributed by atoms with van der Waals surface area (Å²) in [6.45, 7) is 3.95. The second kappa shape index (κ2) is 6.83. The average molecular weight is 371 g/mol. The van der Waals surface area contributed by atoms with Crippen LogP contribution in [0, 0.1) is 26.2 Å². The van der Waals surface area contributed by atoms with Gasteiger partial charge in [-0.05, 0) is 67.6 Å². The minimum absolute atomic E-state index is 0.00813. The minimum atomic E-state index is -0.343. The topological polar surface area (TPSA) is 42.3 Å². The van der Waals surface area contributed by atoms with Crippen LogP contribution in [0.25, 0.3) is 11.8 Å². The van der Waals surface area contributed by atoms with Crippen molar-refractivity contribution in [2.24, 2.45) is 0 Å². The summed E-state index contributed by atoms with van der Waals surface area (Å²) >= 11 is 6.87. The van der Waals surface area contributed by atoms with Gasteiger partial charge in [-0.2, -0.15) is 0 Å². The van der Waals surface area contributed by atoms with Crippen molar-refractivity contribution in [2.75, 3.05) is 6.54 Å². The van der Waals surface area contributed by atoms with E-state index in [4.69, 9.17) is 18.0 Å². The molecule has 25 heavy (non-hydrogen) atoms. The fourth-order valence-electron chi connectivity index (χ4n) is 2.79. The van der Waals surface area contributed by atoms with Gasteiger partial charge in [0.05, 0.1) is 11.4 Å². The van der Waals surface area contributed by atoms with Gasteiger partial charge in [-0.15, -0.1) is 6.42 Å². The minimum Gasteiger partial charge on any atom is -0.318 e. The summed E-state index contributed by atoms with van der Waals surface area (Å²) in [7, 11) is 0. The first-order chi connectivity index (χ1) is 11.9. The molecule has 1 aromatic heterocycles. The summed E-state index contributed by atoms with van der Waals surface area (Å²) in [5.41, 5.74) is 3.87. The predicted molar refractivity (Wildman–Crippen MR) is 102 cm³/mol. The SMILES string of the molecule is C#CCN1C(=O)SC(=Cc2cc(C)n(-c3ccc(Cl)cc3)c2C)C1=O. The summed E-state index contributed by atoms with van der Waals surface area (Å²) in [6, 6.07) is 9.53. The highest BCUT2D eigenvalue weighted by Gasteiger charge is 2.34.